The lowest BCUT2D eigenvalue weighted by atomic mass is 10.1. The molecule has 9 heteroatoms. The Morgan fingerprint density at radius 2 is 2.12 bits per heavy atom. The van der Waals surface area contributed by atoms with Crippen LogP contribution in [0.25, 0.3) is 11.2 Å². The molecular weight excluding hydrogens is 346 g/mol. The van der Waals surface area contributed by atoms with Crippen LogP contribution in [-0.4, -0.2) is 42.7 Å². The van der Waals surface area contributed by atoms with Crippen LogP contribution in [0.4, 0.5) is 5.82 Å². The van der Waals surface area contributed by atoms with E-state index in [4.69, 9.17) is 16.7 Å². The summed E-state index contributed by atoms with van der Waals surface area (Å²) >= 11 is 5.99. The summed E-state index contributed by atoms with van der Waals surface area (Å²) in [5.41, 5.74) is 1.86. The molecule has 3 N–H and O–H groups in total. The van der Waals surface area contributed by atoms with Gasteiger partial charge < -0.3 is 20.1 Å². The van der Waals surface area contributed by atoms with Crippen molar-refractivity contribution >= 4 is 34.6 Å². The first-order chi connectivity index (χ1) is 11.9. The Morgan fingerprint density at radius 3 is 2.76 bits per heavy atom. The molecule has 0 saturated heterocycles. The molecule has 8 nitrogen and oxygen atoms in total. The van der Waals surface area contributed by atoms with Crippen molar-refractivity contribution in [2.75, 3.05) is 12.4 Å². The molecule has 0 spiro atoms. The fraction of sp³-hybridized carbons (Fsp3) is 0.250. The van der Waals surface area contributed by atoms with Crippen molar-refractivity contribution < 1.29 is 15.0 Å². The average Bonchev–Trinajstić information content (AvgIpc) is 2.93. The number of rotatable bonds is 5. The van der Waals surface area contributed by atoms with E-state index in [1.807, 2.05) is 0 Å². The second-order valence-electron chi connectivity index (χ2n) is 5.50. The standard InChI is InChI=1S/C16H16ClN5O3/c1-8(23)13-19-11-12(18-2)20-16(17)21-14(11)22(13)7-9-4-3-5-10(6-9)15(24)25/h3-6,8,23H,7H2,1-2H3,(H,24,25)(H,18,20,21). The number of imidazole rings is 1. The van der Waals surface area contributed by atoms with Crippen LogP contribution in [0.15, 0.2) is 24.3 Å². The van der Waals surface area contributed by atoms with E-state index < -0.39 is 12.1 Å². The van der Waals surface area contributed by atoms with Crippen LogP contribution in [-0.2, 0) is 6.54 Å². The summed E-state index contributed by atoms with van der Waals surface area (Å²) in [5.74, 6) is -0.158. The third-order valence-corrected chi connectivity index (χ3v) is 3.89. The average molecular weight is 362 g/mol. The number of nitrogens with zero attached hydrogens (tertiary/aromatic N) is 4. The van der Waals surface area contributed by atoms with Gasteiger partial charge in [-0.25, -0.2) is 9.78 Å². The molecule has 0 bridgehead atoms. The van der Waals surface area contributed by atoms with Crippen LogP contribution in [0.1, 0.15) is 34.8 Å². The molecule has 3 rings (SSSR count). The lowest BCUT2D eigenvalue weighted by Gasteiger charge is -2.11. The highest BCUT2D eigenvalue weighted by molar-refractivity contribution is 6.28. The molecule has 0 fully saturated rings. The highest BCUT2D eigenvalue weighted by atomic mass is 35.5. The molecule has 0 saturated carbocycles. The number of nitrogens with one attached hydrogen (secondary N) is 1. The molecule has 3 aromatic rings. The summed E-state index contributed by atoms with van der Waals surface area (Å²) in [6.45, 7) is 1.88. The first kappa shape index (κ1) is 17.1. The van der Waals surface area contributed by atoms with Crippen LogP contribution >= 0.6 is 11.6 Å². The van der Waals surface area contributed by atoms with Crippen LogP contribution in [0.5, 0.6) is 0 Å². The van der Waals surface area contributed by atoms with E-state index in [9.17, 15) is 9.90 Å². The minimum atomic E-state index is -1.00. The zero-order valence-corrected chi connectivity index (χ0v) is 14.3. The van der Waals surface area contributed by atoms with Crippen molar-refractivity contribution in [3.8, 4) is 0 Å². The zero-order valence-electron chi connectivity index (χ0n) is 13.6. The molecular formula is C16H16ClN5O3. The van der Waals surface area contributed by atoms with Gasteiger partial charge in [0.1, 0.15) is 11.9 Å². The van der Waals surface area contributed by atoms with Gasteiger partial charge in [0.25, 0.3) is 0 Å². The van der Waals surface area contributed by atoms with Crippen molar-refractivity contribution in [2.45, 2.75) is 19.6 Å². The predicted octanol–water partition coefficient (Wildman–Crippen LogP) is 2.32. The molecule has 130 valence electrons. The molecule has 0 amide bonds. The number of hydrogen-bond donors (Lipinski definition) is 3. The second-order valence-corrected chi connectivity index (χ2v) is 5.84. The minimum absolute atomic E-state index is 0.0504. The maximum absolute atomic E-state index is 11.2. The van der Waals surface area contributed by atoms with Crippen molar-refractivity contribution in [3.63, 3.8) is 0 Å². The summed E-state index contributed by atoms with van der Waals surface area (Å²) in [5, 5.41) is 22.2. The number of anilines is 1. The maximum atomic E-state index is 11.2. The van der Waals surface area contributed by atoms with Crippen molar-refractivity contribution in [2.24, 2.45) is 0 Å². The van der Waals surface area contributed by atoms with E-state index in [2.05, 4.69) is 20.3 Å². The fourth-order valence-corrected chi connectivity index (χ4v) is 2.79. The number of aliphatic hydroxyl groups excluding tert-OH is 1. The van der Waals surface area contributed by atoms with Crippen LogP contribution in [0.3, 0.4) is 0 Å². The molecule has 1 atom stereocenters. The summed E-state index contributed by atoms with van der Waals surface area (Å²) < 4.78 is 1.70. The highest BCUT2D eigenvalue weighted by Crippen LogP contribution is 2.26. The van der Waals surface area contributed by atoms with Gasteiger partial charge in [0, 0.05) is 7.05 Å². The predicted molar refractivity (Wildman–Crippen MR) is 93.0 cm³/mol. The van der Waals surface area contributed by atoms with Crippen LogP contribution < -0.4 is 5.32 Å². The van der Waals surface area contributed by atoms with Gasteiger partial charge in [-0.05, 0) is 36.2 Å². The van der Waals surface area contributed by atoms with Gasteiger partial charge in [-0.3, -0.25) is 0 Å². The minimum Gasteiger partial charge on any atom is -0.478 e. The number of benzene rings is 1. The summed E-state index contributed by atoms with van der Waals surface area (Å²) in [6.07, 6.45) is -0.847. The summed E-state index contributed by atoms with van der Waals surface area (Å²) in [7, 11) is 1.69. The highest BCUT2D eigenvalue weighted by Gasteiger charge is 2.20. The molecule has 25 heavy (non-hydrogen) atoms. The topological polar surface area (TPSA) is 113 Å². The number of carboxylic acids is 1. The molecule has 0 aliphatic carbocycles. The molecule has 2 heterocycles. The molecule has 1 aromatic carbocycles. The molecule has 0 radical (unpaired) electrons. The Hall–Kier alpha value is -2.71. The SMILES string of the molecule is CNc1nc(Cl)nc2c1nc(C(C)O)n2Cc1cccc(C(=O)O)c1. The van der Waals surface area contributed by atoms with Crippen molar-refractivity contribution in [1.82, 2.24) is 19.5 Å². The maximum Gasteiger partial charge on any atom is 0.335 e. The Morgan fingerprint density at radius 1 is 1.36 bits per heavy atom. The number of carboxylic acid groups (broad SMARTS) is 1. The van der Waals surface area contributed by atoms with Crippen LogP contribution in [0.2, 0.25) is 5.28 Å². The Labute approximate surface area is 148 Å². The van der Waals surface area contributed by atoms with E-state index >= 15 is 0 Å². The Kier molecular flexibility index (Phi) is 4.56. The number of fused-ring (bicyclic) bond motifs is 1. The van der Waals surface area contributed by atoms with Gasteiger partial charge in [0.15, 0.2) is 17.0 Å². The van der Waals surface area contributed by atoms with Crippen molar-refractivity contribution in [1.29, 1.82) is 0 Å². The van der Waals surface area contributed by atoms with E-state index in [1.54, 1.807) is 36.7 Å². The van der Waals surface area contributed by atoms with E-state index in [0.717, 1.165) is 5.56 Å². The van der Waals surface area contributed by atoms with E-state index in [0.29, 0.717) is 22.8 Å². The normalized spacial score (nSPS) is 12.3. The molecule has 2 aromatic heterocycles. The van der Waals surface area contributed by atoms with Gasteiger partial charge in [0.05, 0.1) is 12.1 Å². The van der Waals surface area contributed by atoms with Crippen molar-refractivity contribution in [3.05, 3.63) is 46.5 Å². The number of carbonyl (C=O) groups is 1. The monoisotopic (exact) mass is 361 g/mol. The summed E-state index contributed by atoms with van der Waals surface area (Å²) in [4.78, 5) is 23.9. The third kappa shape index (κ3) is 3.26. The Bertz CT molecular complexity index is 954. The van der Waals surface area contributed by atoms with Crippen LogP contribution in [0, 0.1) is 0 Å². The van der Waals surface area contributed by atoms with Gasteiger partial charge >= 0.3 is 5.97 Å². The van der Waals surface area contributed by atoms with E-state index in [-0.39, 0.29) is 17.4 Å². The first-order valence-electron chi connectivity index (χ1n) is 7.52. The Balaban J connectivity index is 2.17. The smallest absolute Gasteiger partial charge is 0.335 e. The van der Waals surface area contributed by atoms with E-state index in [1.165, 1.54) is 6.07 Å². The first-order valence-corrected chi connectivity index (χ1v) is 7.90. The number of aliphatic hydroxyl groups is 1. The zero-order chi connectivity index (χ0) is 18.1. The quantitative estimate of drug-likeness (QED) is 0.597. The van der Waals surface area contributed by atoms with Gasteiger partial charge in [-0.15, -0.1) is 0 Å². The fourth-order valence-electron chi connectivity index (χ4n) is 2.63. The third-order valence-electron chi connectivity index (χ3n) is 3.72. The molecule has 0 aliphatic rings. The lowest BCUT2D eigenvalue weighted by molar-refractivity contribution is 0.0696. The molecule has 1 unspecified atom stereocenters. The number of halogens is 1. The van der Waals surface area contributed by atoms with Gasteiger partial charge in [-0.1, -0.05) is 12.1 Å². The van der Waals surface area contributed by atoms with Gasteiger partial charge in [-0.2, -0.15) is 9.97 Å². The summed E-state index contributed by atoms with van der Waals surface area (Å²) in [6, 6.07) is 6.56. The van der Waals surface area contributed by atoms with Gasteiger partial charge in [0.2, 0.25) is 5.28 Å². The second kappa shape index (κ2) is 6.66. The lowest BCUT2D eigenvalue weighted by Crippen LogP contribution is -2.09. The number of hydrogen-bond acceptors (Lipinski definition) is 6. The largest absolute Gasteiger partial charge is 0.478 e. The number of aromatic nitrogens is 4. The molecule has 0 aliphatic heterocycles. The number of aromatic carboxylic acids is 1.